The van der Waals surface area contributed by atoms with E-state index in [0.717, 1.165) is 0 Å². The normalized spacial score (nSPS) is 13.1. The fourth-order valence-corrected chi connectivity index (χ4v) is 0.660. The van der Waals surface area contributed by atoms with Crippen molar-refractivity contribution < 1.29 is 24.5 Å². The fraction of sp³-hybridized carbons (Fsp3) is 0.750. The molecule has 0 unspecified atom stereocenters. The van der Waals surface area contributed by atoms with E-state index in [9.17, 15) is 9.59 Å². The highest BCUT2D eigenvalue weighted by Crippen LogP contribution is 2.06. The molecule has 0 aliphatic heterocycles. The Balaban J connectivity index is 3.89. The molecule has 14 heavy (non-hydrogen) atoms. The Bertz CT molecular complexity index is 220. The number of nitrogens with one attached hydrogen (secondary N) is 1. The van der Waals surface area contributed by atoms with Crippen molar-refractivity contribution >= 4 is 12.1 Å². The second kappa shape index (κ2) is 4.80. The van der Waals surface area contributed by atoms with Crippen LogP contribution in [0.2, 0.25) is 0 Å². The molecule has 0 aliphatic carbocycles. The van der Waals surface area contributed by atoms with Gasteiger partial charge < -0.3 is 14.9 Å². The summed E-state index contributed by atoms with van der Waals surface area (Å²) in [6.45, 7) is 4.99. The molecule has 0 bridgehead atoms. The van der Waals surface area contributed by atoms with Crippen LogP contribution in [0.5, 0.6) is 0 Å². The lowest BCUT2D eigenvalue weighted by molar-refractivity contribution is -0.139. The Kier molecular flexibility index (Phi) is 4.36. The van der Waals surface area contributed by atoms with Crippen LogP contribution in [-0.2, 0) is 9.53 Å². The predicted molar refractivity (Wildman–Crippen MR) is 47.6 cm³/mol. The number of carbonyl (C=O) groups is 2. The number of carboxylic acids is 1. The van der Waals surface area contributed by atoms with E-state index in [2.05, 4.69) is 0 Å². The maximum Gasteiger partial charge on any atom is 0.409 e. The maximum absolute atomic E-state index is 11.0. The summed E-state index contributed by atoms with van der Waals surface area (Å²) in [7, 11) is 0. The number of aliphatic hydroxyl groups is 1. The molecule has 1 amide bonds. The lowest BCUT2D eigenvalue weighted by atomic mass is 10.2. The number of alkyl carbamates (subject to hydrolysis) is 1. The average molecular weight is 205 g/mol. The minimum absolute atomic E-state index is 0.556. The van der Waals surface area contributed by atoms with E-state index < -0.39 is 30.3 Å². The summed E-state index contributed by atoms with van der Waals surface area (Å²) in [4.78, 5) is 21.1. The number of ether oxygens (including phenoxy) is 1. The number of amides is 1. The highest BCUT2D eigenvalue weighted by atomic mass is 16.6. The molecule has 0 heterocycles. The molecule has 82 valence electrons. The van der Waals surface area contributed by atoms with Crippen LogP contribution in [-0.4, -0.2) is 34.1 Å². The second-order valence-electron chi connectivity index (χ2n) is 3.76. The van der Waals surface area contributed by atoms with Crippen molar-refractivity contribution in [1.82, 2.24) is 5.32 Å². The van der Waals surface area contributed by atoms with Crippen LogP contribution in [0.1, 0.15) is 27.2 Å². The zero-order chi connectivity index (χ0) is 11.4. The fourth-order valence-electron chi connectivity index (χ4n) is 0.660. The molecule has 6 heteroatoms. The third-order valence-electron chi connectivity index (χ3n) is 1.05. The van der Waals surface area contributed by atoms with Gasteiger partial charge in [-0.05, 0) is 20.8 Å². The largest absolute Gasteiger partial charge is 0.481 e. The molecule has 0 saturated heterocycles. The quantitative estimate of drug-likeness (QED) is 0.576. The molecule has 6 nitrogen and oxygen atoms in total. The van der Waals surface area contributed by atoms with Gasteiger partial charge in [0.1, 0.15) is 11.8 Å². The summed E-state index contributed by atoms with van der Waals surface area (Å²) in [5.74, 6) is -1.20. The summed E-state index contributed by atoms with van der Waals surface area (Å²) in [5.41, 5.74) is -0.674. The molecule has 0 aromatic heterocycles. The van der Waals surface area contributed by atoms with Crippen LogP contribution in [0.3, 0.4) is 0 Å². The van der Waals surface area contributed by atoms with Gasteiger partial charge in [0.15, 0.2) is 0 Å². The van der Waals surface area contributed by atoms with Gasteiger partial charge in [-0.3, -0.25) is 10.1 Å². The summed E-state index contributed by atoms with van der Waals surface area (Å²) in [6.07, 6.45) is -2.83. The molecule has 0 fully saturated rings. The van der Waals surface area contributed by atoms with Gasteiger partial charge in [-0.15, -0.1) is 0 Å². The molecule has 0 aromatic carbocycles. The number of aliphatic hydroxyl groups excluding tert-OH is 1. The van der Waals surface area contributed by atoms with Crippen molar-refractivity contribution in [3.63, 3.8) is 0 Å². The van der Waals surface area contributed by atoms with Crippen molar-refractivity contribution in [3.8, 4) is 0 Å². The SMILES string of the molecule is CC(C)(C)OC(=O)N[C@H](O)CC(=O)O. The van der Waals surface area contributed by atoms with E-state index in [1.807, 2.05) is 5.32 Å². The van der Waals surface area contributed by atoms with Gasteiger partial charge in [0.25, 0.3) is 0 Å². The predicted octanol–water partition coefficient (Wildman–Crippen LogP) is 0.304. The Hall–Kier alpha value is -1.30. The van der Waals surface area contributed by atoms with Gasteiger partial charge in [0.05, 0.1) is 6.42 Å². The molecular weight excluding hydrogens is 190 g/mol. The molecule has 1 atom stereocenters. The minimum Gasteiger partial charge on any atom is -0.481 e. The second-order valence-corrected chi connectivity index (χ2v) is 3.76. The zero-order valence-corrected chi connectivity index (χ0v) is 8.40. The van der Waals surface area contributed by atoms with Crippen LogP contribution in [0, 0.1) is 0 Å². The summed E-state index contributed by atoms with van der Waals surface area (Å²) in [6, 6.07) is 0. The molecule has 0 aliphatic rings. The van der Waals surface area contributed by atoms with E-state index in [-0.39, 0.29) is 0 Å². The zero-order valence-electron chi connectivity index (χ0n) is 8.40. The van der Waals surface area contributed by atoms with E-state index in [0.29, 0.717) is 0 Å². The number of hydrogen-bond acceptors (Lipinski definition) is 4. The van der Waals surface area contributed by atoms with Gasteiger partial charge in [0.2, 0.25) is 0 Å². The van der Waals surface area contributed by atoms with Crippen LogP contribution < -0.4 is 5.32 Å². The Morgan fingerprint density at radius 1 is 1.43 bits per heavy atom. The van der Waals surface area contributed by atoms with Gasteiger partial charge in [-0.2, -0.15) is 0 Å². The molecular formula is C8H15NO5. The number of carboxylic acid groups (broad SMARTS) is 1. The van der Waals surface area contributed by atoms with Crippen molar-refractivity contribution in [2.75, 3.05) is 0 Å². The highest BCUT2D eigenvalue weighted by molar-refractivity contribution is 5.71. The van der Waals surface area contributed by atoms with Gasteiger partial charge in [-0.25, -0.2) is 4.79 Å². The van der Waals surface area contributed by atoms with Crippen molar-refractivity contribution in [1.29, 1.82) is 0 Å². The van der Waals surface area contributed by atoms with Gasteiger partial charge in [-0.1, -0.05) is 0 Å². The maximum atomic E-state index is 11.0. The third kappa shape index (κ3) is 7.35. The Morgan fingerprint density at radius 2 is 1.93 bits per heavy atom. The standard InChI is InChI=1S/C8H15NO5/c1-8(2,3)14-7(13)9-5(10)4-6(11)12/h5,10H,4H2,1-3H3,(H,9,13)(H,11,12)/t5-/m1/s1. The van der Waals surface area contributed by atoms with Crippen molar-refractivity contribution in [3.05, 3.63) is 0 Å². The van der Waals surface area contributed by atoms with Crippen molar-refractivity contribution in [2.24, 2.45) is 0 Å². The molecule has 0 spiro atoms. The molecule has 0 saturated carbocycles. The summed E-state index contributed by atoms with van der Waals surface area (Å²) >= 11 is 0. The first-order valence-electron chi connectivity index (χ1n) is 4.10. The lowest BCUT2D eigenvalue weighted by Gasteiger charge is -2.20. The summed E-state index contributed by atoms with van der Waals surface area (Å²) < 4.78 is 4.79. The first-order valence-corrected chi connectivity index (χ1v) is 4.10. The van der Waals surface area contributed by atoms with E-state index in [4.69, 9.17) is 14.9 Å². The topological polar surface area (TPSA) is 95.9 Å². The minimum atomic E-state index is -1.43. The van der Waals surface area contributed by atoms with Gasteiger partial charge in [0, 0.05) is 0 Å². The van der Waals surface area contributed by atoms with Crippen LogP contribution >= 0.6 is 0 Å². The lowest BCUT2D eigenvalue weighted by Crippen LogP contribution is -2.40. The third-order valence-corrected chi connectivity index (χ3v) is 1.05. The van der Waals surface area contributed by atoms with Crippen LogP contribution in [0.15, 0.2) is 0 Å². The first-order chi connectivity index (χ1) is 6.20. The Labute approximate surface area is 81.9 Å². The van der Waals surface area contributed by atoms with E-state index in [1.165, 1.54) is 0 Å². The Morgan fingerprint density at radius 3 is 2.29 bits per heavy atom. The van der Waals surface area contributed by atoms with Gasteiger partial charge >= 0.3 is 12.1 Å². The van der Waals surface area contributed by atoms with Crippen molar-refractivity contribution in [2.45, 2.75) is 39.0 Å². The van der Waals surface area contributed by atoms with Crippen LogP contribution in [0.4, 0.5) is 4.79 Å². The smallest absolute Gasteiger partial charge is 0.409 e. The number of rotatable bonds is 3. The highest BCUT2D eigenvalue weighted by Gasteiger charge is 2.19. The molecule has 0 radical (unpaired) electrons. The number of aliphatic carboxylic acids is 1. The van der Waals surface area contributed by atoms with Crippen LogP contribution in [0.25, 0.3) is 0 Å². The molecule has 3 N–H and O–H groups in total. The van der Waals surface area contributed by atoms with E-state index in [1.54, 1.807) is 20.8 Å². The molecule has 0 aromatic rings. The monoisotopic (exact) mass is 205 g/mol. The van der Waals surface area contributed by atoms with E-state index >= 15 is 0 Å². The number of hydrogen-bond donors (Lipinski definition) is 3. The summed E-state index contributed by atoms with van der Waals surface area (Å²) in [5, 5.41) is 19.3. The first kappa shape index (κ1) is 12.7. The average Bonchev–Trinajstić information content (AvgIpc) is 1.77. The number of carbonyl (C=O) groups excluding carboxylic acids is 1. The molecule has 0 rings (SSSR count).